The number of rotatable bonds is 4. The topological polar surface area (TPSA) is 68.6 Å². The van der Waals surface area contributed by atoms with Crippen LogP contribution in [0.3, 0.4) is 0 Å². The fourth-order valence-electron chi connectivity index (χ4n) is 4.04. The van der Waals surface area contributed by atoms with Crippen molar-refractivity contribution < 1.29 is 4.79 Å². The maximum absolute atomic E-state index is 13.1. The molecule has 0 amide bonds. The Kier molecular flexibility index (Phi) is 5.64. The summed E-state index contributed by atoms with van der Waals surface area (Å²) in [7, 11) is 0. The summed E-state index contributed by atoms with van der Waals surface area (Å²) in [5, 5.41) is 2.39. The molecule has 2 heterocycles. The average Bonchev–Trinajstić information content (AvgIpc) is 2.93. The van der Waals surface area contributed by atoms with Gasteiger partial charge in [-0.3, -0.25) is 4.79 Å². The maximum Gasteiger partial charge on any atom is 0.193 e. The van der Waals surface area contributed by atoms with Crippen molar-refractivity contribution in [3.05, 3.63) is 118 Å². The fourth-order valence-corrected chi connectivity index (χ4v) is 4.52. The lowest BCUT2D eigenvalue weighted by Gasteiger charge is -2.07. The van der Waals surface area contributed by atoms with E-state index >= 15 is 0 Å². The van der Waals surface area contributed by atoms with Crippen LogP contribution in [0.4, 0.5) is 0 Å². The van der Waals surface area contributed by atoms with E-state index in [0.717, 1.165) is 32.9 Å². The van der Waals surface area contributed by atoms with Gasteiger partial charge in [0.15, 0.2) is 17.4 Å². The summed E-state index contributed by atoms with van der Waals surface area (Å²) in [5.74, 6) is 0.926. The van der Waals surface area contributed by atoms with Gasteiger partial charge in [0.2, 0.25) is 0 Å². The normalized spacial score (nSPS) is 11.2. The second-order valence-corrected chi connectivity index (χ2v) is 8.91. The molecule has 0 aliphatic rings. The molecule has 0 saturated heterocycles. The van der Waals surface area contributed by atoms with Gasteiger partial charge in [-0.05, 0) is 24.3 Å². The molecule has 0 N–H and O–H groups in total. The molecule has 36 heavy (non-hydrogen) atoms. The van der Waals surface area contributed by atoms with E-state index in [9.17, 15) is 4.79 Å². The first-order chi connectivity index (χ1) is 17.6. The monoisotopic (exact) mass is 506 g/mol. The fraction of sp³-hybridized carbons (Fsp3) is 0. The minimum atomic E-state index is -0.0944. The van der Waals surface area contributed by atoms with Crippen molar-refractivity contribution in [1.82, 2.24) is 19.9 Å². The number of nitrogens with zero attached hydrogens (tertiary/aromatic N) is 4. The number of hydrogen-bond donors (Lipinski definition) is 0. The predicted molar refractivity (Wildman–Crippen MR) is 143 cm³/mol. The van der Waals surface area contributed by atoms with E-state index in [1.54, 1.807) is 24.3 Å². The van der Waals surface area contributed by atoms with Gasteiger partial charge in [0.1, 0.15) is 10.3 Å². The van der Waals surface area contributed by atoms with E-state index in [2.05, 4.69) is 19.9 Å². The Balaban J connectivity index is 1.26. The maximum atomic E-state index is 13.1. The largest absolute Gasteiger partial charge is 0.289 e. The van der Waals surface area contributed by atoms with E-state index in [4.69, 9.17) is 23.2 Å². The van der Waals surface area contributed by atoms with Gasteiger partial charge in [0.25, 0.3) is 0 Å². The zero-order valence-corrected chi connectivity index (χ0v) is 20.2. The molecule has 6 rings (SSSR count). The van der Waals surface area contributed by atoms with Crippen molar-refractivity contribution >= 4 is 50.8 Å². The summed E-state index contributed by atoms with van der Waals surface area (Å²) in [4.78, 5) is 31.1. The van der Waals surface area contributed by atoms with Gasteiger partial charge in [-0.25, -0.2) is 19.9 Å². The highest BCUT2D eigenvalue weighted by molar-refractivity contribution is 6.34. The number of benzene rings is 4. The Morgan fingerprint density at radius 3 is 1.31 bits per heavy atom. The number of hydrogen-bond acceptors (Lipinski definition) is 5. The van der Waals surface area contributed by atoms with Crippen molar-refractivity contribution in [1.29, 1.82) is 0 Å². The Labute approximate surface area is 216 Å². The van der Waals surface area contributed by atoms with Crippen molar-refractivity contribution in [2.24, 2.45) is 0 Å². The quantitative estimate of drug-likeness (QED) is 0.183. The SMILES string of the molecule is O=C(c1ccc(-c2nc(Cl)c3ccccc3n2)cc1)c1ccc(-c2nc(Cl)c3ccccc3n2)cc1. The van der Waals surface area contributed by atoms with Crippen LogP contribution in [0.25, 0.3) is 44.6 Å². The zero-order valence-electron chi connectivity index (χ0n) is 18.7. The molecule has 6 aromatic rings. The van der Waals surface area contributed by atoms with Crippen LogP contribution in [0.1, 0.15) is 15.9 Å². The zero-order chi connectivity index (χ0) is 24.6. The van der Waals surface area contributed by atoms with Crippen LogP contribution >= 0.6 is 23.2 Å². The first-order valence-corrected chi connectivity index (χ1v) is 11.9. The Morgan fingerprint density at radius 1 is 0.500 bits per heavy atom. The molecule has 5 nitrogen and oxygen atoms in total. The van der Waals surface area contributed by atoms with Gasteiger partial charge in [-0.2, -0.15) is 0 Å². The highest BCUT2D eigenvalue weighted by Crippen LogP contribution is 2.27. The standard InChI is InChI=1S/C29H16Cl2N4O/c30-26-21-5-1-3-7-23(21)32-28(34-26)19-13-9-17(10-14-19)25(36)18-11-15-20(16-12-18)29-33-24-8-4-2-6-22(24)27(31)35-29/h1-16H. The van der Waals surface area contributed by atoms with Crippen LogP contribution in [-0.4, -0.2) is 25.7 Å². The summed E-state index contributed by atoms with van der Waals surface area (Å²) in [6, 6.07) is 29.5. The third kappa shape index (κ3) is 4.09. The molecule has 0 bridgehead atoms. The van der Waals surface area contributed by atoms with Crippen LogP contribution < -0.4 is 0 Å². The summed E-state index contributed by atoms with van der Waals surface area (Å²) >= 11 is 12.7. The molecule has 0 aliphatic heterocycles. The first-order valence-electron chi connectivity index (χ1n) is 11.2. The smallest absolute Gasteiger partial charge is 0.193 e. The Morgan fingerprint density at radius 2 is 0.889 bits per heavy atom. The Bertz CT molecular complexity index is 1640. The molecule has 0 radical (unpaired) electrons. The molecular weight excluding hydrogens is 491 g/mol. The molecule has 7 heteroatoms. The summed E-state index contributed by atoms with van der Waals surface area (Å²) in [5.41, 5.74) is 4.21. The van der Waals surface area contributed by atoms with E-state index < -0.39 is 0 Å². The molecule has 2 aromatic heterocycles. The Hall–Kier alpha value is -4.19. The molecule has 0 unspecified atom stereocenters. The highest BCUT2D eigenvalue weighted by atomic mass is 35.5. The molecule has 0 aliphatic carbocycles. The van der Waals surface area contributed by atoms with E-state index in [-0.39, 0.29) is 5.78 Å². The summed E-state index contributed by atoms with van der Waals surface area (Å²) < 4.78 is 0. The summed E-state index contributed by atoms with van der Waals surface area (Å²) in [6.45, 7) is 0. The van der Waals surface area contributed by atoms with Gasteiger partial charge in [-0.15, -0.1) is 0 Å². The van der Waals surface area contributed by atoms with Crippen molar-refractivity contribution in [2.45, 2.75) is 0 Å². The number of fused-ring (bicyclic) bond motifs is 2. The number of aromatic nitrogens is 4. The second kappa shape index (κ2) is 9.11. The summed E-state index contributed by atoms with van der Waals surface area (Å²) in [6.07, 6.45) is 0. The minimum Gasteiger partial charge on any atom is -0.289 e. The average molecular weight is 507 g/mol. The predicted octanol–water partition coefficient (Wildman–Crippen LogP) is 7.44. The van der Waals surface area contributed by atoms with Crippen molar-refractivity contribution in [3.8, 4) is 22.8 Å². The van der Waals surface area contributed by atoms with Gasteiger partial charge < -0.3 is 0 Å². The first kappa shape index (κ1) is 22.3. The van der Waals surface area contributed by atoms with Crippen LogP contribution in [0.5, 0.6) is 0 Å². The lowest BCUT2D eigenvalue weighted by atomic mass is 10.0. The van der Waals surface area contributed by atoms with Gasteiger partial charge in [-0.1, -0.05) is 96.0 Å². The third-order valence-corrected chi connectivity index (χ3v) is 6.50. The molecule has 0 atom stereocenters. The van der Waals surface area contributed by atoms with Crippen LogP contribution in [0.2, 0.25) is 10.3 Å². The van der Waals surface area contributed by atoms with Crippen LogP contribution in [-0.2, 0) is 0 Å². The van der Waals surface area contributed by atoms with Gasteiger partial charge in [0.05, 0.1) is 11.0 Å². The second-order valence-electron chi connectivity index (χ2n) is 8.19. The molecular formula is C29H16Cl2N4O. The molecule has 0 fully saturated rings. The van der Waals surface area contributed by atoms with Crippen LogP contribution in [0.15, 0.2) is 97.1 Å². The van der Waals surface area contributed by atoms with E-state index in [1.165, 1.54) is 0 Å². The van der Waals surface area contributed by atoms with E-state index in [1.807, 2.05) is 72.8 Å². The lowest BCUT2D eigenvalue weighted by molar-refractivity contribution is 0.103. The third-order valence-electron chi connectivity index (χ3n) is 5.92. The molecule has 0 spiro atoms. The molecule has 4 aromatic carbocycles. The number of para-hydroxylation sites is 2. The van der Waals surface area contributed by atoms with Gasteiger partial charge in [0, 0.05) is 33.0 Å². The number of carbonyl (C=O) groups excluding carboxylic acids is 1. The number of ketones is 1. The van der Waals surface area contributed by atoms with E-state index in [0.29, 0.717) is 33.1 Å². The molecule has 172 valence electrons. The molecule has 0 saturated carbocycles. The lowest BCUT2D eigenvalue weighted by Crippen LogP contribution is -2.01. The number of halogens is 2. The van der Waals surface area contributed by atoms with Crippen LogP contribution in [0, 0.1) is 0 Å². The highest BCUT2D eigenvalue weighted by Gasteiger charge is 2.13. The number of carbonyl (C=O) groups is 1. The minimum absolute atomic E-state index is 0.0944. The van der Waals surface area contributed by atoms with Crippen molar-refractivity contribution in [3.63, 3.8) is 0 Å². The van der Waals surface area contributed by atoms with Crippen molar-refractivity contribution in [2.75, 3.05) is 0 Å². The van der Waals surface area contributed by atoms with Gasteiger partial charge >= 0.3 is 0 Å².